The van der Waals surface area contributed by atoms with Crippen LogP contribution in [-0.2, 0) is 48.2 Å². The van der Waals surface area contributed by atoms with Crippen molar-refractivity contribution in [3.63, 3.8) is 0 Å². The molecule has 3 atom stereocenters. The molecule has 0 saturated carbocycles. The zero-order valence-corrected chi connectivity index (χ0v) is 27.1. The molecule has 1 fully saturated rings. The van der Waals surface area contributed by atoms with E-state index in [1.54, 1.807) is 54.3 Å². The lowest BCUT2D eigenvalue weighted by atomic mass is 10.0. The molecule has 0 radical (unpaired) electrons. The molecule has 2 heterocycles. The molecule has 2 aromatic rings. The molecular formula is C34H46N6O7. The topological polar surface area (TPSA) is 193 Å². The third kappa shape index (κ3) is 12.4. The van der Waals surface area contributed by atoms with Gasteiger partial charge in [0.25, 0.3) is 0 Å². The molecule has 6 amide bonds. The van der Waals surface area contributed by atoms with Crippen molar-refractivity contribution >= 4 is 35.4 Å². The third-order valence-corrected chi connectivity index (χ3v) is 7.98. The molecule has 13 heteroatoms. The van der Waals surface area contributed by atoms with Gasteiger partial charge in [-0.15, -0.1) is 0 Å². The molecule has 1 saturated heterocycles. The number of nitrogens with zero attached hydrogens (tertiary/aromatic N) is 1. The number of rotatable bonds is 18. The second-order valence-corrected chi connectivity index (χ2v) is 11.6. The quantitative estimate of drug-likeness (QED) is 0.119. The first-order valence-electron chi connectivity index (χ1n) is 16.0. The molecule has 0 bridgehead atoms. The molecule has 3 rings (SSSR count). The molecule has 47 heavy (non-hydrogen) atoms. The van der Waals surface area contributed by atoms with Crippen molar-refractivity contribution in [2.75, 3.05) is 13.1 Å². The molecule has 13 nitrogen and oxygen atoms in total. The van der Waals surface area contributed by atoms with Crippen molar-refractivity contribution in [3.05, 3.63) is 71.7 Å². The number of allylic oxidation sites excluding steroid dienone is 1. The summed E-state index contributed by atoms with van der Waals surface area (Å²) in [7, 11) is 0. The Morgan fingerprint density at radius 2 is 1.72 bits per heavy atom. The maximum absolute atomic E-state index is 13.4. The number of hydrogen-bond donors (Lipinski definition) is 5. The number of amides is 6. The zero-order valence-electron chi connectivity index (χ0n) is 27.1. The van der Waals surface area contributed by atoms with E-state index >= 15 is 0 Å². The summed E-state index contributed by atoms with van der Waals surface area (Å²) in [6, 6.07) is 8.53. The summed E-state index contributed by atoms with van der Waals surface area (Å²) in [5, 5.41) is 11.1. The van der Waals surface area contributed by atoms with Gasteiger partial charge in [-0.25, -0.2) is 0 Å². The first-order valence-corrected chi connectivity index (χ1v) is 16.0. The van der Waals surface area contributed by atoms with Gasteiger partial charge in [0.1, 0.15) is 17.8 Å². The maximum Gasteiger partial charge on any atom is 0.243 e. The summed E-state index contributed by atoms with van der Waals surface area (Å²) in [6.07, 6.45) is 7.80. The van der Waals surface area contributed by atoms with Crippen molar-refractivity contribution in [1.82, 2.24) is 26.2 Å². The minimum Gasteiger partial charge on any atom is -0.469 e. The van der Waals surface area contributed by atoms with E-state index in [0.717, 1.165) is 12.8 Å². The molecule has 6 N–H and O–H groups in total. The average molecular weight is 651 g/mol. The van der Waals surface area contributed by atoms with E-state index in [-0.39, 0.29) is 49.6 Å². The lowest BCUT2D eigenvalue weighted by molar-refractivity contribution is -0.132. The van der Waals surface area contributed by atoms with Gasteiger partial charge in [-0.1, -0.05) is 30.3 Å². The normalized spacial score (nSPS) is 15.5. The Kier molecular flexibility index (Phi) is 14.7. The minimum absolute atomic E-state index is 0.0458. The predicted molar refractivity (Wildman–Crippen MR) is 174 cm³/mol. The molecule has 0 aliphatic carbocycles. The second kappa shape index (κ2) is 18.9. The van der Waals surface area contributed by atoms with Crippen LogP contribution in [0.4, 0.5) is 0 Å². The van der Waals surface area contributed by atoms with E-state index in [2.05, 4.69) is 21.3 Å². The lowest BCUT2D eigenvalue weighted by Crippen LogP contribution is -2.49. The van der Waals surface area contributed by atoms with Gasteiger partial charge in [-0.05, 0) is 68.4 Å². The number of primary amides is 1. The van der Waals surface area contributed by atoms with Crippen molar-refractivity contribution in [2.24, 2.45) is 5.73 Å². The molecular weight excluding hydrogens is 604 g/mol. The van der Waals surface area contributed by atoms with E-state index in [9.17, 15) is 28.8 Å². The summed E-state index contributed by atoms with van der Waals surface area (Å²) in [5.74, 6) is -1.57. The van der Waals surface area contributed by atoms with Crippen molar-refractivity contribution in [3.8, 4) is 0 Å². The van der Waals surface area contributed by atoms with Crippen LogP contribution in [0, 0.1) is 0 Å². The number of hydrogen-bond acceptors (Lipinski definition) is 7. The summed E-state index contributed by atoms with van der Waals surface area (Å²) in [4.78, 5) is 76.4. The van der Waals surface area contributed by atoms with Gasteiger partial charge in [0.05, 0.1) is 12.7 Å². The first-order chi connectivity index (χ1) is 22.6. The number of furan rings is 1. The fourth-order valence-corrected chi connectivity index (χ4v) is 5.58. The Hall–Kier alpha value is -4.94. The average Bonchev–Trinajstić information content (AvgIpc) is 3.72. The highest BCUT2D eigenvalue weighted by atomic mass is 16.3. The fraction of sp³-hybridized carbons (Fsp3) is 0.471. The van der Waals surface area contributed by atoms with Crippen LogP contribution in [0.5, 0.6) is 0 Å². The zero-order chi connectivity index (χ0) is 34.2. The number of likely N-dealkylation sites (tertiary alicyclic amines) is 1. The highest BCUT2D eigenvalue weighted by molar-refractivity contribution is 5.89. The Labute approximate surface area is 275 Å². The van der Waals surface area contributed by atoms with Crippen LogP contribution in [0.15, 0.2) is 59.2 Å². The first kappa shape index (κ1) is 36.5. The van der Waals surface area contributed by atoms with E-state index in [4.69, 9.17) is 10.2 Å². The van der Waals surface area contributed by atoms with Crippen molar-refractivity contribution < 1.29 is 33.2 Å². The third-order valence-electron chi connectivity index (χ3n) is 7.98. The Morgan fingerprint density at radius 1 is 0.979 bits per heavy atom. The Morgan fingerprint density at radius 3 is 2.40 bits per heavy atom. The molecule has 1 aromatic heterocycles. The van der Waals surface area contributed by atoms with Gasteiger partial charge < -0.3 is 36.3 Å². The van der Waals surface area contributed by atoms with E-state index in [1.807, 2.05) is 0 Å². The lowest BCUT2D eigenvalue weighted by Gasteiger charge is -2.24. The van der Waals surface area contributed by atoms with Gasteiger partial charge in [0, 0.05) is 45.4 Å². The Balaban J connectivity index is 1.56. The van der Waals surface area contributed by atoms with Gasteiger partial charge in [-0.2, -0.15) is 0 Å². The molecule has 254 valence electrons. The number of benzene rings is 1. The summed E-state index contributed by atoms with van der Waals surface area (Å²) < 4.78 is 5.43. The molecule has 0 spiro atoms. The van der Waals surface area contributed by atoms with Gasteiger partial charge in [0.2, 0.25) is 35.4 Å². The summed E-state index contributed by atoms with van der Waals surface area (Å²) in [6.45, 7) is 4.37. The molecule has 1 aliphatic rings. The van der Waals surface area contributed by atoms with Crippen LogP contribution in [0.2, 0.25) is 0 Å². The molecule has 0 unspecified atom stereocenters. The van der Waals surface area contributed by atoms with Gasteiger partial charge >= 0.3 is 0 Å². The fourth-order valence-electron chi connectivity index (χ4n) is 5.58. The number of nitrogens with two attached hydrogens (primary N) is 1. The van der Waals surface area contributed by atoms with Crippen LogP contribution in [0.3, 0.4) is 0 Å². The van der Waals surface area contributed by atoms with Gasteiger partial charge in [-0.3, -0.25) is 28.8 Å². The van der Waals surface area contributed by atoms with Crippen LogP contribution >= 0.6 is 0 Å². The van der Waals surface area contributed by atoms with Crippen LogP contribution in [0.1, 0.15) is 69.3 Å². The molecule has 1 aromatic carbocycles. The largest absolute Gasteiger partial charge is 0.469 e. The number of carbonyl (C=O) groups excluding carboxylic acids is 6. The summed E-state index contributed by atoms with van der Waals surface area (Å²) >= 11 is 0. The van der Waals surface area contributed by atoms with Crippen LogP contribution in [-0.4, -0.2) is 71.6 Å². The number of carbonyl (C=O) groups is 6. The Bertz CT molecular complexity index is 1410. The minimum atomic E-state index is -0.927. The smallest absolute Gasteiger partial charge is 0.243 e. The van der Waals surface area contributed by atoms with Gasteiger partial charge in [0.15, 0.2) is 0 Å². The van der Waals surface area contributed by atoms with Crippen LogP contribution in [0.25, 0.3) is 0 Å². The van der Waals surface area contributed by atoms with E-state index in [1.165, 1.54) is 19.3 Å². The van der Waals surface area contributed by atoms with Crippen LogP contribution < -0.4 is 27.0 Å². The predicted octanol–water partition coefficient (Wildman–Crippen LogP) is 1.40. The second-order valence-electron chi connectivity index (χ2n) is 11.6. The van der Waals surface area contributed by atoms with Crippen molar-refractivity contribution in [1.29, 1.82) is 0 Å². The number of nitrogens with one attached hydrogen (secondary N) is 4. The SMILES string of the molecule is C/C=C/C(=O)NCCCC[C@H](NC(=O)Cc1ccccc1CNC(=O)[C@H](Cc1ccco1)NC(=O)C[C@@H]1CCCN1C(C)=O)C(N)=O. The van der Waals surface area contributed by atoms with Crippen molar-refractivity contribution in [2.45, 2.75) is 89.9 Å². The maximum atomic E-state index is 13.4. The summed E-state index contributed by atoms with van der Waals surface area (Å²) in [5.41, 5.74) is 6.87. The number of unbranched alkanes of at least 4 members (excludes halogenated alkanes) is 1. The van der Waals surface area contributed by atoms with E-state index in [0.29, 0.717) is 49.2 Å². The monoisotopic (exact) mass is 650 g/mol. The van der Waals surface area contributed by atoms with E-state index < -0.39 is 29.8 Å². The highest BCUT2D eigenvalue weighted by Crippen LogP contribution is 2.20. The standard InChI is InChI=1S/C34H46N6O7/c1-3-10-30(42)36-16-7-6-15-28(33(35)45)38-31(43)19-24-11-4-5-12-25(24)22-37-34(46)29(21-27-14-9-18-47-27)39-32(44)20-26-13-8-17-40(26)23(2)41/h3-5,9-12,14,18,26,28-29H,6-8,13,15-17,19-22H2,1-2H3,(H2,35,45)(H,36,42)(H,37,46)(H,38,43)(H,39,44)/b10-3+/t26-,28-,29-/m0/s1. The molecule has 1 aliphatic heterocycles. The highest BCUT2D eigenvalue weighted by Gasteiger charge is 2.30.